The smallest absolute Gasteiger partial charge is 0.267 e. The highest BCUT2D eigenvalue weighted by Gasteiger charge is 2.25. The lowest BCUT2D eigenvalue weighted by molar-refractivity contribution is 0.0955. The number of nitrogens with zero attached hydrogens (tertiary/aromatic N) is 1. The fourth-order valence-electron chi connectivity index (χ4n) is 3.00. The molecule has 0 spiro atoms. The Morgan fingerprint density at radius 2 is 1.96 bits per heavy atom. The molecular weight excluding hydrogens is 354 g/mol. The van der Waals surface area contributed by atoms with Crippen molar-refractivity contribution in [2.45, 2.75) is 24.8 Å². The van der Waals surface area contributed by atoms with E-state index in [-0.39, 0.29) is 16.5 Å². The zero-order chi connectivity index (χ0) is 19.1. The van der Waals surface area contributed by atoms with E-state index in [9.17, 15) is 13.2 Å². The normalized spacial score (nSPS) is 13.1. The number of rotatable bonds is 5. The SMILES string of the molecule is CNC(=O)c1cc(S(=O)(=O)NC(C)c2oc3ccccc3c2C)cn1C. The zero-order valence-corrected chi connectivity index (χ0v) is 15.8. The number of hydrogen-bond donors (Lipinski definition) is 2. The van der Waals surface area contributed by atoms with Gasteiger partial charge < -0.3 is 14.3 Å². The molecule has 0 fully saturated rings. The van der Waals surface area contributed by atoms with Crippen molar-refractivity contribution in [1.82, 2.24) is 14.6 Å². The average molecular weight is 375 g/mol. The Morgan fingerprint density at radius 3 is 2.62 bits per heavy atom. The van der Waals surface area contributed by atoms with Crippen LogP contribution in [0.2, 0.25) is 0 Å². The molecule has 3 aromatic rings. The lowest BCUT2D eigenvalue weighted by Gasteiger charge is -2.12. The number of carbonyl (C=O) groups is 1. The summed E-state index contributed by atoms with van der Waals surface area (Å²) in [6.45, 7) is 3.63. The van der Waals surface area contributed by atoms with E-state index in [0.717, 1.165) is 10.9 Å². The van der Waals surface area contributed by atoms with Crippen LogP contribution in [0.5, 0.6) is 0 Å². The van der Waals surface area contributed by atoms with Gasteiger partial charge in [-0.1, -0.05) is 18.2 Å². The van der Waals surface area contributed by atoms with Gasteiger partial charge in [0.25, 0.3) is 5.91 Å². The van der Waals surface area contributed by atoms with Gasteiger partial charge in [0.15, 0.2) is 0 Å². The van der Waals surface area contributed by atoms with Crippen molar-refractivity contribution >= 4 is 26.9 Å². The predicted octanol–water partition coefficient (Wildman–Crippen LogP) is 2.48. The fourth-order valence-corrected chi connectivity index (χ4v) is 4.27. The monoisotopic (exact) mass is 375 g/mol. The third kappa shape index (κ3) is 3.13. The van der Waals surface area contributed by atoms with Crippen molar-refractivity contribution in [2.24, 2.45) is 7.05 Å². The first-order valence-corrected chi connectivity index (χ1v) is 9.61. The van der Waals surface area contributed by atoms with Crippen molar-refractivity contribution in [2.75, 3.05) is 7.05 Å². The summed E-state index contributed by atoms with van der Waals surface area (Å²) >= 11 is 0. The summed E-state index contributed by atoms with van der Waals surface area (Å²) in [5.41, 5.74) is 1.88. The van der Waals surface area contributed by atoms with Crippen molar-refractivity contribution in [3.05, 3.63) is 53.5 Å². The van der Waals surface area contributed by atoms with Crippen LogP contribution in [0.15, 0.2) is 45.8 Å². The standard InChI is InChI=1S/C18H21N3O4S/c1-11-14-7-5-6-8-16(14)25-17(11)12(2)20-26(23,24)13-9-15(18(22)19-3)21(4)10-13/h5-10,12,20H,1-4H3,(H,19,22). The van der Waals surface area contributed by atoms with E-state index >= 15 is 0 Å². The molecule has 8 heteroatoms. The van der Waals surface area contributed by atoms with Crippen LogP contribution in [0.4, 0.5) is 0 Å². The van der Waals surface area contributed by atoms with Gasteiger partial charge in [0.2, 0.25) is 10.0 Å². The Hall–Kier alpha value is -2.58. The van der Waals surface area contributed by atoms with E-state index < -0.39 is 16.1 Å². The molecule has 138 valence electrons. The third-order valence-electron chi connectivity index (χ3n) is 4.36. The van der Waals surface area contributed by atoms with E-state index in [2.05, 4.69) is 10.0 Å². The number of fused-ring (bicyclic) bond motifs is 1. The topological polar surface area (TPSA) is 93.3 Å². The van der Waals surface area contributed by atoms with Gasteiger partial charge in [-0.05, 0) is 26.0 Å². The maximum Gasteiger partial charge on any atom is 0.267 e. The molecule has 0 aliphatic rings. The number of amides is 1. The lowest BCUT2D eigenvalue weighted by Crippen LogP contribution is -2.26. The van der Waals surface area contributed by atoms with Crippen LogP contribution in [-0.4, -0.2) is 25.9 Å². The number of aromatic nitrogens is 1. The molecule has 1 unspecified atom stereocenters. The van der Waals surface area contributed by atoms with Crippen LogP contribution in [0.3, 0.4) is 0 Å². The molecule has 26 heavy (non-hydrogen) atoms. The summed E-state index contributed by atoms with van der Waals surface area (Å²) in [4.78, 5) is 11.8. The van der Waals surface area contributed by atoms with Crippen LogP contribution >= 0.6 is 0 Å². The summed E-state index contributed by atoms with van der Waals surface area (Å²) in [5, 5.41) is 3.44. The summed E-state index contributed by atoms with van der Waals surface area (Å²) in [5.74, 6) is 0.215. The quantitative estimate of drug-likeness (QED) is 0.716. The van der Waals surface area contributed by atoms with E-state index in [1.165, 1.54) is 23.9 Å². The van der Waals surface area contributed by atoms with Gasteiger partial charge in [0, 0.05) is 31.2 Å². The largest absolute Gasteiger partial charge is 0.459 e. The molecule has 2 heterocycles. The summed E-state index contributed by atoms with van der Waals surface area (Å²) in [6, 6.07) is 8.35. The van der Waals surface area contributed by atoms with Crippen LogP contribution in [0.1, 0.15) is 34.8 Å². The lowest BCUT2D eigenvalue weighted by atomic mass is 10.1. The Bertz CT molecular complexity index is 1080. The number of sulfonamides is 1. The van der Waals surface area contributed by atoms with Gasteiger partial charge in [-0.15, -0.1) is 0 Å². The van der Waals surface area contributed by atoms with Crippen LogP contribution in [0.25, 0.3) is 11.0 Å². The van der Waals surface area contributed by atoms with Gasteiger partial charge in [-0.2, -0.15) is 0 Å². The second-order valence-electron chi connectivity index (χ2n) is 6.18. The van der Waals surface area contributed by atoms with E-state index in [1.54, 1.807) is 14.0 Å². The van der Waals surface area contributed by atoms with Crippen molar-refractivity contribution < 1.29 is 17.6 Å². The number of hydrogen-bond acceptors (Lipinski definition) is 4. The van der Waals surface area contributed by atoms with Gasteiger partial charge in [0.05, 0.1) is 6.04 Å². The minimum absolute atomic E-state index is 0.0271. The molecule has 0 saturated heterocycles. The van der Waals surface area contributed by atoms with Crippen LogP contribution in [-0.2, 0) is 17.1 Å². The number of para-hydroxylation sites is 1. The summed E-state index contributed by atoms with van der Waals surface area (Å²) in [7, 11) is -0.700. The molecule has 0 aliphatic carbocycles. The number of benzene rings is 1. The van der Waals surface area contributed by atoms with Gasteiger partial charge in [-0.3, -0.25) is 4.79 Å². The first-order valence-electron chi connectivity index (χ1n) is 8.13. The molecule has 1 amide bonds. The molecule has 0 aliphatic heterocycles. The average Bonchev–Trinajstić information content (AvgIpc) is 3.15. The Morgan fingerprint density at radius 1 is 1.27 bits per heavy atom. The van der Waals surface area contributed by atoms with Gasteiger partial charge in [0.1, 0.15) is 21.9 Å². The molecule has 2 aromatic heterocycles. The van der Waals surface area contributed by atoms with E-state index in [0.29, 0.717) is 11.3 Å². The maximum atomic E-state index is 12.7. The van der Waals surface area contributed by atoms with Gasteiger partial charge >= 0.3 is 0 Å². The summed E-state index contributed by atoms with van der Waals surface area (Å²) in [6.07, 6.45) is 1.41. The molecule has 2 N–H and O–H groups in total. The second kappa shape index (κ2) is 6.62. The summed E-state index contributed by atoms with van der Waals surface area (Å²) < 4.78 is 35.4. The second-order valence-corrected chi connectivity index (χ2v) is 7.90. The fraction of sp³-hybridized carbons (Fsp3) is 0.278. The third-order valence-corrected chi connectivity index (χ3v) is 5.86. The number of nitrogens with one attached hydrogen (secondary N) is 2. The molecule has 0 radical (unpaired) electrons. The number of furan rings is 1. The Balaban J connectivity index is 1.91. The minimum Gasteiger partial charge on any atom is -0.459 e. The number of carbonyl (C=O) groups excluding carboxylic acids is 1. The van der Waals surface area contributed by atoms with Crippen molar-refractivity contribution in [3.8, 4) is 0 Å². The minimum atomic E-state index is -3.82. The van der Waals surface area contributed by atoms with Crippen LogP contribution in [0, 0.1) is 6.92 Å². The molecular formula is C18H21N3O4S. The molecule has 0 saturated carbocycles. The Labute approximate surface area is 152 Å². The van der Waals surface area contributed by atoms with E-state index in [4.69, 9.17) is 4.42 Å². The molecule has 1 aromatic carbocycles. The first-order chi connectivity index (χ1) is 12.2. The number of aryl methyl sites for hydroxylation is 2. The molecule has 0 bridgehead atoms. The van der Waals surface area contributed by atoms with Crippen molar-refractivity contribution in [1.29, 1.82) is 0 Å². The predicted molar refractivity (Wildman–Crippen MR) is 98.5 cm³/mol. The van der Waals surface area contributed by atoms with Crippen LogP contribution < -0.4 is 10.0 Å². The highest BCUT2D eigenvalue weighted by atomic mass is 32.2. The van der Waals surface area contributed by atoms with Crippen molar-refractivity contribution in [3.63, 3.8) is 0 Å². The highest BCUT2D eigenvalue weighted by Crippen LogP contribution is 2.30. The maximum absolute atomic E-state index is 12.7. The Kier molecular flexibility index (Phi) is 4.64. The first kappa shape index (κ1) is 18.2. The highest BCUT2D eigenvalue weighted by molar-refractivity contribution is 7.89. The van der Waals surface area contributed by atoms with Gasteiger partial charge in [-0.25, -0.2) is 13.1 Å². The molecule has 3 rings (SSSR count). The zero-order valence-electron chi connectivity index (χ0n) is 15.0. The van der Waals surface area contributed by atoms with E-state index in [1.807, 2.05) is 31.2 Å². The molecule has 7 nitrogen and oxygen atoms in total. The molecule has 1 atom stereocenters.